The fourth-order valence-electron chi connectivity index (χ4n) is 1.73. The first-order valence-corrected chi connectivity index (χ1v) is 7.93. The molecule has 5 nitrogen and oxygen atoms in total. The predicted octanol–water partition coefficient (Wildman–Crippen LogP) is 0.541. The fraction of sp³-hybridized carbons (Fsp3) is 0.900. The normalized spacial score (nSPS) is 20.6. The van der Waals surface area contributed by atoms with E-state index in [1.165, 1.54) is 0 Å². The van der Waals surface area contributed by atoms with Gasteiger partial charge in [-0.3, -0.25) is 0 Å². The van der Waals surface area contributed by atoms with E-state index in [4.69, 9.17) is 22.7 Å². The van der Waals surface area contributed by atoms with Gasteiger partial charge in [0.2, 0.25) is 10.0 Å². The summed E-state index contributed by atoms with van der Waals surface area (Å²) < 4.78 is 31.1. The van der Waals surface area contributed by atoms with Crippen molar-refractivity contribution in [2.45, 2.75) is 38.2 Å². The van der Waals surface area contributed by atoms with Gasteiger partial charge in [-0.25, -0.2) is 13.1 Å². The number of hydrogen-bond acceptors (Lipinski definition) is 4. The maximum atomic E-state index is 11.6. The summed E-state index contributed by atoms with van der Waals surface area (Å²) in [6.07, 6.45) is 3.89. The van der Waals surface area contributed by atoms with Crippen LogP contribution in [0.3, 0.4) is 0 Å². The van der Waals surface area contributed by atoms with Crippen molar-refractivity contribution >= 4 is 27.2 Å². The smallest absolute Gasteiger partial charge is 0.214 e. The number of ether oxygens (including phenoxy) is 1. The van der Waals surface area contributed by atoms with E-state index in [0.29, 0.717) is 24.6 Å². The minimum Gasteiger partial charge on any atom is -0.393 e. The molecule has 0 aromatic carbocycles. The van der Waals surface area contributed by atoms with Crippen molar-refractivity contribution in [1.29, 1.82) is 0 Å². The number of unbranched alkanes of at least 4 members (excludes halogenated alkanes) is 1. The van der Waals surface area contributed by atoms with Crippen LogP contribution < -0.4 is 10.5 Å². The molecule has 3 N–H and O–H groups in total. The lowest BCUT2D eigenvalue weighted by atomic mass is 10.2. The molecule has 0 saturated carbocycles. The number of nitrogens with one attached hydrogen (secondary N) is 1. The molecule has 1 fully saturated rings. The topological polar surface area (TPSA) is 81.4 Å². The van der Waals surface area contributed by atoms with Gasteiger partial charge in [-0.2, -0.15) is 0 Å². The molecule has 0 aliphatic carbocycles. The van der Waals surface area contributed by atoms with Gasteiger partial charge in [0.25, 0.3) is 0 Å². The second kappa shape index (κ2) is 7.25. The van der Waals surface area contributed by atoms with Crippen LogP contribution in [0.25, 0.3) is 0 Å². The van der Waals surface area contributed by atoms with E-state index in [9.17, 15) is 8.42 Å². The Morgan fingerprint density at radius 2 is 2.24 bits per heavy atom. The second-order valence-electron chi connectivity index (χ2n) is 4.23. The van der Waals surface area contributed by atoms with Gasteiger partial charge < -0.3 is 10.5 Å². The van der Waals surface area contributed by atoms with E-state index in [1.54, 1.807) is 0 Å². The standard InChI is InChI=1S/C10H20N2O3S2/c11-10(16)5-1-2-6-12-17(13,14)8-9-4-3-7-15-9/h9,12H,1-8H2,(H2,11,16). The van der Waals surface area contributed by atoms with Gasteiger partial charge in [-0.15, -0.1) is 0 Å². The van der Waals surface area contributed by atoms with Crippen LogP contribution in [-0.4, -0.2) is 38.4 Å². The lowest BCUT2D eigenvalue weighted by molar-refractivity contribution is 0.127. The third-order valence-corrected chi connectivity index (χ3v) is 4.26. The Bertz CT molecular complexity index is 337. The largest absolute Gasteiger partial charge is 0.393 e. The summed E-state index contributed by atoms with van der Waals surface area (Å²) in [5.41, 5.74) is 5.35. The molecule has 0 bridgehead atoms. The molecular weight excluding hydrogens is 260 g/mol. The van der Waals surface area contributed by atoms with Crippen molar-refractivity contribution in [3.8, 4) is 0 Å². The second-order valence-corrected chi connectivity index (χ2v) is 6.61. The molecule has 1 aliphatic rings. The summed E-state index contributed by atoms with van der Waals surface area (Å²) in [6.45, 7) is 1.12. The van der Waals surface area contributed by atoms with Crippen molar-refractivity contribution in [1.82, 2.24) is 4.72 Å². The molecule has 0 aromatic heterocycles. The summed E-state index contributed by atoms with van der Waals surface area (Å²) in [4.78, 5) is 0.479. The van der Waals surface area contributed by atoms with Crippen molar-refractivity contribution in [2.24, 2.45) is 5.73 Å². The SMILES string of the molecule is NC(=S)CCCCNS(=O)(=O)CC1CCCO1. The summed E-state index contributed by atoms with van der Waals surface area (Å²) >= 11 is 4.74. The molecule has 7 heteroatoms. The van der Waals surface area contributed by atoms with E-state index in [2.05, 4.69) is 4.72 Å². The van der Waals surface area contributed by atoms with Gasteiger partial charge in [0.05, 0.1) is 16.8 Å². The van der Waals surface area contributed by atoms with Crippen LogP contribution in [0.1, 0.15) is 32.1 Å². The van der Waals surface area contributed by atoms with Crippen molar-refractivity contribution in [2.75, 3.05) is 18.9 Å². The highest BCUT2D eigenvalue weighted by Gasteiger charge is 2.22. The maximum absolute atomic E-state index is 11.6. The highest BCUT2D eigenvalue weighted by molar-refractivity contribution is 7.89. The lowest BCUT2D eigenvalue weighted by Crippen LogP contribution is -2.32. The van der Waals surface area contributed by atoms with Gasteiger partial charge in [0.1, 0.15) is 0 Å². The Hall–Kier alpha value is -0.240. The zero-order chi connectivity index (χ0) is 12.7. The van der Waals surface area contributed by atoms with Crippen LogP contribution in [0.4, 0.5) is 0 Å². The molecule has 0 spiro atoms. The van der Waals surface area contributed by atoms with Crippen LogP contribution in [0.5, 0.6) is 0 Å². The van der Waals surface area contributed by atoms with Crippen LogP contribution in [0.15, 0.2) is 0 Å². The van der Waals surface area contributed by atoms with Crippen molar-refractivity contribution in [3.63, 3.8) is 0 Å². The molecule has 1 heterocycles. The number of thiocarbonyl (C=S) groups is 1. The zero-order valence-electron chi connectivity index (χ0n) is 9.85. The Labute approximate surface area is 108 Å². The van der Waals surface area contributed by atoms with Gasteiger partial charge >= 0.3 is 0 Å². The predicted molar refractivity (Wildman–Crippen MR) is 71.4 cm³/mol. The van der Waals surface area contributed by atoms with E-state index >= 15 is 0 Å². The Morgan fingerprint density at radius 3 is 2.82 bits per heavy atom. The number of nitrogens with two attached hydrogens (primary N) is 1. The summed E-state index contributed by atoms with van der Waals surface area (Å²) in [5.74, 6) is 0.0717. The molecule has 100 valence electrons. The first-order valence-electron chi connectivity index (χ1n) is 5.87. The Morgan fingerprint density at radius 1 is 1.47 bits per heavy atom. The van der Waals surface area contributed by atoms with Crippen LogP contribution >= 0.6 is 12.2 Å². The third kappa shape index (κ3) is 6.92. The average Bonchev–Trinajstić information content (AvgIpc) is 2.68. The summed E-state index contributed by atoms with van der Waals surface area (Å²) in [7, 11) is -3.20. The highest BCUT2D eigenvalue weighted by atomic mass is 32.2. The minimum atomic E-state index is -3.20. The van der Waals surface area contributed by atoms with E-state index in [1.807, 2.05) is 0 Å². The van der Waals surface area contributed by atoms with Gasteiger partial charge in [0, 0.05) is 13.2 Å². The Kier molecular flexibility index (Phi) is 6.32. The molecule has 1 rings (SSSR count). The quantitative estimate of drug-likeness (QED) is 0.501. The molecule has 17 heavy (non-hydrogen) atoms. The van der Waals surface area contributed by atoms with E-state index in [-0.39, 0.29) is 11.9 Å². The van der Waals surface area contributed by atoms with Crippen LogP contribution in [0.2, 0.25) is 0 Å². The van der Waals surface area contributed by atoms with E-state index in [0.717, 1.165) is 25.7 Å². The monoisotopic (exact) mass is 280 g/mol. The lowest BCUT2D eigenvalue weighted by Gasteiger charge is -2.11. The molecule has 0 amide bonds. The number of rotatable bonds is 8. The first-order chi connectivity index (χ1) is 7.99. The Balaban J connectivity index is 2.13. The average molecular weight is 280 g/mol. The molecule has 1 atom stereocenters. The fourth-order valence-corrected chi connectivity index (χ4v) is 3.20. The minimum absolute atomic E-state index is 0.0717. The van der Waals surface area contributed by atoms with Crippen molar-refractivity contribution < 1.29 is 13.2 Å². The van der Waals surface area contributed by atoms with Gasteiger partial charge in [-0.1, -0.05) is 12.2 Å². The number of sulfonamides is 1. The number of hydrogen-bond donors (Lipinski definition) is 2. The molecule has 0 aromatic rings. The van der Waals surface area contributed by atoms with Crippen LogP contribution in [0, 0.1) is 0 Å². The summed E-state index contributed by atoms with van der Waals surface area (Å²) in [6, 6.07) is 0. The van der Waals surface area contributed by atoms with E-state index < -0.39 is 10.0 Å². The molecule has 1 saturated heterocycles. The first kappa shape index (κ1) is 14.8. The third-order valence-electron chi connectivity index (χ3n) is 2.60. The summed E-state index contributed by atoms with van der Waals surface area (Å²) in [5, 5.41) is 0. The molecule has 0 radical (unpaired) electrons. The van der Waals surface area contributed by atoms with Gasteiger partial charge in [0.15, 0.2) is 0 Å². The molecular formula is C10H20N2O3S2. The van der Waals surface area contributed by atoms with Gasteiger partial charge in [-0.05, 0) is 32.1 Å². The highest BCUT2D eigenvalue weighted by Crippen LogP contribution is 2.13. The molecule has 1 aliphatic heterocycles. The van der Waals surface area contributed by atoms with Crippen molar-refractivity contribution in [3.05, 3.63) is 0 Å². The zero-order valence-corrected chi connectivity index (χ0v) is 11.5. The van der Waals surface area contributed by atoms with Crippen LogP contribution in [-0.2, 0) is 14.8 Å². The maximum Gasteiger partial charge on any atom is 0.214 e. The molecule has 1 unspecified atom stereocenters.